The largest absolute Gasteiger partial charge is 0.319 e. The van der Waals surface area contributed by atoms with Crippen molar-refractivity contribution in [3.05, 3.63) is 64.1 Å². The van der Waals surface area contributed by atoms with E-state index in [1.807, 2.05) is 23.1 Å². The van der Waals surface area contributed by atoms with E-state index in [-0.39, 0.29) is 16.9 Å². The second-order valence-corrected chi connectivity index (χ2v) is 6.83. The van der Waals surface area contributed by atoms with Gasteiger partial charge in [0.05, 0.1) is 0 Å². The summed E-state index contributed by atoms with van der Waals surface area (Å²) >= 11 is 0. The molecule has 0 N–H and O–H groups in total. The van der Waals surface area contributed by atoms with Crippen LogP contribution in [-0.4, -0.2) is 17.0 Å². The first kappa shape index (κ1) is 15.5. The van der Waals surface area contributed by atoms with Gasteiger partial charge in [-0.2, -0.15) is 0 Å². The number of carbonyl (C=O) groups is 1. The lowest BCUT2D eigenvalue weighted by Crippen LogP contribution is -2.33. The fraction of sp³-hybridized carbons (Fsp3) is 0.368. The number of benzene rings is 1. The van der Waals surface area contributed by atoms with Crippen LogP contribution in [0.1, 0.15) is 42.6 Å². The number of rotatable bonds is 1. The van der Waals surface area contributed by atoms with Gasteiger partial charge in [-0.05, 0) is 36.0 Å². The highest BCUT2D eigenvalue weighted by atomic mass is 16.2. The Morgan fingerprint density at radius 3 is 2.65 bits per heavy atom. The number of fused-ring (bicyclic) bond motifs is 1. The van der Waals surface area contributed by atoms with E-state index in [1.54, 1.807) is 19.3 Å². The normalized spacial score (nSPS) is 16.6. The summed E-state index contributed by atoms with van der Waals surface area (Å²) in [5, 5.41) is 0. The van der Waals surface area contributed by atoms with Gasteiger partial charge in [-0.1, -0.05) is 32.0 Å². The first-order chi connectivity index (χ1) is 10.9. The molecule has 4 heteroatoms. The predicted octanol–water partition coefficient (Wildman–Crippen LogP) is 3.10. The fourth-order valence-corrected chi connectivity index (χ4v) is 3.26. The minimum Gasteiger partial charge on any atom is -0.319 e. The van der Waals surface area contributed by atoms with Crippen LogP contribution in [0.5, 0.6) is 0 Å². The third-order valence-electron chi connectivity index (χ3n) is 4.70. The number of pyridine rings is 1. The van der Waals surface area contributed by atoms with Gasteiger partial charge in [-0.25, -0.2) is 0 Å². The third-order valence-corrected chi connectivity index (χ3v) is 4.70. The lowest BCUT2D eigenvalue weighted by molar-refractivity contribution is 0.0986. The smallest absolute Gasteiger partial charge is 0.258 e. The van der Waals surface area contributed by atoms with E-state index in [0.29, 0.717) is 12.1 Å². The van der Waals surface area contributed by atoms with Crippen LogP contribution >= 0.6 is 0 Å². The van der Waals surface area contributed by atoms with Crippen molar-refractivity contribution in [1.29, 1.82) is 0 Å². The zero-order chi connectivity index (χ0) is 16.6. The van der Waals surface area contributed by atoms with Crippen molar-refractivity contribution in [2.24, 2.45) is 7.05 Å². The minimum absolute atomic E-state index is 0.0401. The molecule has 3 rings (SSSR count). The van der Waals surface area contributed by atoms with E-state index >= 15 is 0 Å². The summed E-state index contributed by atoms with van der Waals surface area (Å²) in [5.74, 6) is -0.104. The number of aromatic nitrogens is 1. The Kier molecular flexibility index (Phi) is 3.84. The van der Waals surface area contributed by atoms with Crippen LogP contribution in [0, 0.1) is 0 Å². The molecule has 1 aromatic heterocycles. The molecule has 0 saturated carbocycles. The van der Waals surface area contributed by atoms with Crippen LogP contribution in [0.4, 0.5) is 5.69 Å². The monoisotopic (exact) mass is 310 g/mol. The van der Waals surface area contributed by atoms with Crippen molar-refractivity contribution < 1.29 is 4.79 Å². The van der Waals surface area contributed by atoms with Crippen LogP contribution in [0.25, 0.3) is 0 Å². The maximum atomic E-state index is 13.0. The van der Waals surface area contributed by atoms with E-state index in [0.717, 1.165) is 18.5 Å². The highest BCUT2D eigenvalue weighted by Gasteiger charge is 2.31. The van der Waals surface area contributed by atoms with Gasteiger partial charge in [0.2, 0.25) is 0 Å². The molecule has 1 amide bonds. The van der Waals surface area contributed by atoms with Crippen molar-refractivity contribution in [3.8, 4) is 0 Å². The fourth-order valence-electron chi connectivity index (χ4n) is 3.26. The minimum atomic E-state index is -0.167. The highest BCUT2D eigenvalue weighted by Crippen LogP contribution is 2.38. The molecule has 0 aliphatic carbocycles. The molecule has 4 nitrogen and oxygen atoms in total. The molecule has 0 unspecified atom stereocenters. The molecule has 0 saturated heterocycles. The zero-order valence-electron chi connectivity index (χ0n) is 13.9. The SMILES string of the molecule is Cn1ccc(C(=O)N2CCCC(C)(C)c3ccccc32)cc1=O. The molecule has 1 aromatic carbocycles. The Balaban J connectivity index is 2.06. The van der Waals surface area contributed by atoms with Crippen molar-refractivity contribution >= 4 is 11.6 Å². The maximum absolute atomic E-state index is 13.0. The molecule has 0 bridgehead atoms. The second kappa shape index (κ2) is 5.69. The Labute approximate surface area is 136 Å². The Morgan fingerprint density at radius 1 is 1.17 bits per heavy atom. The predicted molar refractivity (Wildman–Crippen MR) is 92.1 cm³/mol. The Hall–Kier alpha value is -2.36. The summed E-state index contributed by atoms with van der Waals surface area (Å²) in [6, 6.07) is 11.2. The van der Waals surface area contributed by atoms with Crippen LogP contribution in [0.15, 0.2) is 47.4 Å². The molecule has 0 fully saturated rings. The highest BCUT2D eigenvalue weighted by molar-refractivity contribution is 6.06. The molecule has 120 valence electrons. The quantitative estimate of drug-likeness (QED) is 0.812. The molecule has 23 heavy (non-hydrogen) atoms. The molecule has 1 aliphatic heterocycles. The van der Waals surface area contributed by atoms with E-state index in [1.165, 1.54) is 16.2 Å². The van der Waals surface area contributed by atoms with Crippen molar-refractivity contribution in [1.82, 2.24) is 4.57 Å². The van der Waals surface area contributed by atoms with Gasteiger partial charge in [-0.15, -0.1) is 0 Å². The third kappa shape index (κ3) is 2.81. The molecule has 2 aromatic rings. The molecule has 0 atom stereocenters. The van der Waals surface area contributed by atoms with E-state index in [2.05, 4.69) is 19.9 Å². The second-order valence-electron chi connectivity index (χ2n) is 6.83. The summed E-state index contributed by atoms with van der Waals surface area (Å²) in [5.41, 5.74) is 2.47. The van der Waals surface area contributed by atoms with Gasteiger partial charge < -0.3 is 9.47 Å². The van der Waals surface area contributed by atoms with Crippen molar-refractivity contribution in [3.63, 3.8) is 0 Å². The van der Waals surface area contributed by atoms with E-state index < -0.39 is 0 Å². The molecular formula is C19H22N2O2. The van der Waals surface area contributed by atoms with Gasteiger partial charge in [0.25, 0.3) is 11.5 Å². The molecule has 2 heterocycles. The lowest BCUT2D eigenvalue weighted by atomic mass is 9.80. The summed E-state index contributed by atoms with van der Waals surface area (Å²) < 4.78 is 1.47. The van der Waals surface area contributed by atoms with E-state index in [4.69, 9.17) is 0 Å². The zero-order valence-corrected chi connectivity index (χ0v) is 13.9. The number of amides is 1. The van der Waals surface area contributed by atoms with Crippen LogP contribution in [-0.2, 0) is 12.5 Å². The maximum Gasteiger partial charge on any atom is 0.258 e. The molecule has 1 aliphatic rings. The average molecular weight is 310 g/mol. The van der Waals surface area contributed by atoms with Gasteiger partial charge in [0.1, 0.15) is 0 Å². The summed E-state index contributed by atoms with van der Waals surface area (Å²) in [7, 11) is 1.68. The number of nitrogens with zero attached hydrogens (tertiary/aromatic N) is 2. The summed E-state index contributed by atoms with van der Waals surface area (Å²) in [6.45, 7) is 5.12. The van der Waals surface area contributed by atoms with Gasteiger partial charge in [0, 0.05) is 37.1 Å². The molecule has 0 radical (unpaired) electrons. The molecule has 0 spiro atoms. The lowest BCUT2D eigenvalue weighted by Gasteiger charge is -2.27. The summed E-state index contributed by atoms with van der Waals surface area (Å²) in [6.07, 6.45) is 3.62. The van der Waals surface area contributed by atoms with Crippen LogP contribution < -0.4 is 10.5 Å². The Bertz CT molecular complexity index is 805. The number of carbonyl (C=O) groups excluding carboxylic acids is 1. The first-order valence-corrected chi connectivity index (χ1v) is 7.98. The van der Waals surface area contributed by atoms with Gasteiger partial charge >= 0.3 is 0 Å². The average Bonchev–Trinajstić information content (AvgIpc) is 2.66. The first-order valence-electron chi connectivity index (χ1n) is 7.98. The van der Waals surface area contributed by atoms with Gasteiger partial charge in [-0.3, -0.25) is 9.59 Å². The van der Waals surface area contributed by atoms with Crippen molar-refractivity contribution in [2.75, 3.05) is 11.4 Å². The standard InChI is InChI=1S/C19H22N2O2/c1-19(2)10-6-11-21(16-8-5-4-7-15(16)19)18(23)14-9-12-20(3)17(22)13-14/h4-5,7-9,12-13H,6,10-11H2,1-3H3. The topological polar surface area (TPSA) is 42.3 Å². The van der Waals surface area contributed by atoms with Crippen LogP contribution in [0.3, 0.4) is 0 Å². The van der Waals surface area contributed by atoms with Gasteiger partial charge in [0.15, 0.2) is 0 Å². The Morgan fingerprint density at radius 2 is 1.91 bits per heavy atom. The van der Waals surface area contributed by atoms with Crippen LogP contribution in [0.2, 0.25) is 0 Å². The molecular weight excluding hydrogens is 288 g/mol. The number of para-hydroxylation sites is 1. The van der Waals surface area contributed by atoms with E-state index in [9.17, 15) is 9.59 Å². The number of hydrogen-bond acceptors (Lipinski definition) is 2. The summed E-state index contributed by atoms with van der Waals surface area (Å²) in [4.78, 5) is 26.6. The number of aryl methyl sites for hydroxylation is 1. The number of anilines is 1. The number of hydrogen-bond donors (Lipinski definition) is 0. The van der Waals surface area contributed by atoms with Crippen molar-refractivity contribution in [2.45, 2.75) is 32.1 Å².